The van der Waals surface area contributed by atoms with E-state index in [1.54, 1.807) is 4.90 Å². The summed E-state index contributed by atoms with van der Waals surface area (Å²) in [6, 6.07) is 9.79. The molecule has 1 aromatic carbocycles. The standard InChI is InChI=1S/C17H23NO3/c1-17(2,3)21-16(20)18-11-9-14(15(19)10-12-18)13-7-5-4-6-8-13/h4-8,14H,9-12H2,1-3H3/t14-/m0/s1. The summed E-state index contributed by atoms with van der Waals surface area (Å²) < 4.78 is 5.38. The van der Waals surface area contributed by atoms with Gasteiger partial charge in [-0.15, -0.1) is 0 Å². The van der Waals surface area contributed by atoms with Crippen molar-refractivity contribution in [3.63, 3.8) is 0 Å². The van der Waals surface area contributed by atoms with Crippen molar-refractivity contribution in [1.82, 2.24) is 4.90 Å². The van der Waals surface area contributed by atoms with E-state index in [0.717, 1.165) is 5.56 Å². The summed E-state index contributed by atoms with van der Waals surface area (Å²) in [5.41, 5.74) is 0.528. The minimum atomic E-state index is -0.508. The van der Waals surface area contributed by atoms with Crippen LogP contribution >= 0.6 is 0 Å². The number of ketones is 1. The normalized spacial score (nSPS) is 20.0. The highest BCUT2D eigenvalue weighted by atomic mass is 16.6. The van der Waals surface area contributed by atoms with Crippen molar-refractivity contribution in [2.75, 3.05) is 13.1 Å². The van der Waals surface area contributed by atoms with E-state index in [4.69, 9.17) is 4.74 Å². The number of likely N-dealkylation sites (tertiary alicyclic amines) is 1. The Balaban J connectivity index is 2.04. The first kappa shape index (κ1) is 15.5. The molecule has 114 valence electrons. The van der Waals surface area contributed by atoms with E-state index in [0.29, 0.717) is 25.9 Å². The van der Waals surface area contributed by atoms with Crippen LogP contribution in [0, 0.1) is 0 Å². The lowest BCUT2D eigenvalue weighted by molar-refractivity contribution is -0.120. The van der Waals surface area contributed by atoms with Gasteiger partial charge in [-0.3, -0.25) is 4.79 Å². The Bertz CT molecular complexity index is 505. The third-order valence-corrected chi connectivity index (χ3v) is 3.56. The maximum atomic E-state index is 12.3. The Morgan fingerprint density at radius 2 is 1.86 bits per heavy atom. The first-order valence-corrected chi connectivity index (χ1v) is 7.42. The molecule has 4 heteroatoms. The van der Waals surface area contributed by atoms with Gasteiger partial charge in [0.25, 0.3) is 0 Å². The van der Waals surface area contributed by atoms with Crippen LogP contribution in [0.5, 0.6) is 0 Å². The summed E-state index contributed by atoms with van der Waals surface area (Å²) in [6.45, 7) is 6.54. The minimum absolute atomic E-state index is 0.112. The number of rotatable bonds is 1. The van der Waals surface area contributed by atoms with Crippen LogP contribution in [0.2, 0.25) is 0 Å². The van der Waals surface area contributed by atoms with Gasteiger partial charge in [0.1, 0.15) is 11.4 Å². The van der Waals surface area contributed by atoms with Crippen LogP contribution < -0.4 is 0 Å². The quantitative estimate of drug-likeness (QED) is 0.796. The number of ether oxygens (including phenoxy) is 1. The molecule has 2 rings (SSSR count). The number of carbonyl (C=O) groups excluding carboxylic acids is 2. The van der Waals surface area contributed by atoms with Crippen LogP contribution in [0.25, 0.3) is 0 Å². The van der Waals surface area contributed by atoms with E-state index < -0.39 is 5.60 Å². The molecule has 1 aliphatic rings. The summed E-state index contributed by atoms with van der Waals surface area (Å²) in [5, 5.41) is 0. The van der Waals surface area contributed by atoms with Gasteiger partial charge < -0.3 is 9.64 Å². The molecule has 1 atom stereocenters. The maximum Gasteiger partial charge on any atom is 0.410 e. The van der Waals surface area contributed by atoms with Gasteiger partial charge in [0, 0.05) is 25.4 Å². The SMILES string of the molecule is CC(C)(C)OC(=O)N1CCC(=O)[C@H](c2ccccc2)CC1. The second-order valence-corrected chi connectivity index (χ2v) is 6.44. The number of Topliss-reactive ketones (excluding diaryl/α,β-unsaturated/α-hetero) is 1. The van der Waals surface area contributed by atoms with Gasteiger partial charge in [0.2, 0.25) is 0 Å². The molecular weight excluding hydrogens is 266 g/mol. The lowest BCUT2D eigenvalue weighted by Gasteiger charge is -2.26. The average Bonchev–Trinajstić information content (AvgIpc) is 2.60. The molecule has 0 bridgehead atoms. The fraction of sp³-hybridized carbons (Fsp3) is 0.529. The van der Waals surface area contributed by atoms with Crippen molar-refractivity contribution in [3.8, 4) is 0 Å². The Morgan fingerprint density at radius 3 is 2.48 bits per heavy atom. The summed E-state index contributed by atoms with van der Waals surface area (Å²) in [6.07, 6.45) is 0.713. The predicted octanol–water partition coefficient (Wildman–Crippen LogP) is 3.37. The van der Waals surface area contributed by atoms with E-state index >= 15 is 0 Å². The van der Waals surface area contributed by atoms with Crippen molar-refractivity contribution in [1.29, 1.82) is 0 Å². The zero-order chi connectivity index (χ0) is 15.5. The van der Waals surface area contributed by atoms with Crippen LogP contribution in [-0.4, -0.2) is 35.5 Å². The Morgan fingerprint density at radius 1 is 1.19 bits per heavy atom. The second kappa shape index (κ2) is 6.29. The van der Waals surface area contributed by atoms with Crippen LogP contribution in [0.4, 0.5) is 4.79 Å². The van der Waals surface area contributed by atoms with Gasteiger partial charge in [0.15, 0.2) is 0 Å². The topological polar surface area (TPSA) is 46.6 Å². The lowest BCUT2D eigenvalue weighted by Crippen LogP contribution is -2.37. The van der Waals surface area contributed by atoms with Crippen LogP contribution in [0.3, 0.4) is 0 Å². The molecule has 21 heavy (non-hydrogen) atoms. The first-order chi connectivity index (χ1) is 9.87. The van der Waals surface area contributed by atoms with Crippen LogP contribution in [0.1, 0.15) is 45.1 Å². The highest BCUT2D eigenvalue weighted by molar-refractivity contribution is 5.86. The van der Waals surface area contributed by atoms with E-state index in [1.165, 1.54) is 0 Å². The maximum absolute atomic E-state index is 12.3. The molecule has 1 saturated heterocycles. The van der Waals surface area contributed by atoms with E-state index in [2.05, 4.69) is 0 Å². The fourth-order valence-corrected chi connectivity index (χ4v) is 2.52. The summed E-state index contributed by atoms with van der Waals surface area (Å²) in [5.74, 6) is 0.0888. The largest absolute Gasteiger partial charge is 0.444 e. The smallest absolute Gasteiger partial charge is 0.410 e. The number of carbonyl (C=O) groups is 2. The van der Waals surface area contributed by atoms with Crippen molar-refractivity contribution >= 4 is 11.9 Å². The Hall–Kier alpha value is -1.84. The molecule has 0 N–H and O–H groups in total. The molecule has 0 aromatic heterocycles. The second-order valence-electron chi connectivity index (χ2n) is 6.44. The lowest BCUT2D eigenvalue weighted by atomic mass is 9.91. The van der Waals surface area contributed by atoms with E-state index in [-0.39, 0.29) is 17.8 Å². The summed E-state index contributed by atoms with van der Waals surface area (Å²) in [4.78, 5) is 26.0. The molecular formula is C17H23NO3. The average molecular weight is 289 g/mol. The third-order valence-electron chi connectivity index (χ3n) is 3.56. The van der Waals surface area contributed by atoms with Crippen molar-refractivity contribution in [2.45, 2.75) is 45.1 Å². The molecule has 0 aliphatic carbocycles. The molecule has 1 fully saturated rings. The van der Waals surface area contributed by atoms with Crippen molar-refractivity contribution < 1.29 is 14.3 Å². The number of nitrogens with zero attached hydrogens (tertiary/aromatic N) is 1. The molecule has 0 radical (unpaired) electrons. The predicted molar refractivity (Wildman–Crippen MR) is 81.2 cm³/mol. The molecule has 1 aromatic rings. The fourth-order valence-electron chi connectivity index (χ4n) is 2.52. The number of benzene rings is 1. The minimum Gasteiger partial charge on any atom is -0.444 e. The third kappa shape index (κ3) is 4.31. The van der Waals surface area contributed by atoms with Gasteiger partial charge in [-0.25, -0.2) is 4.79 Å². The Kier molecular flexibility index (Phi) is 4.66. The van der Waals surface area contributed by atoms with Crippen LogP contribution in [0.15, 0.2) is 30.3 Å². The van der Waals surface area contributed by atoms with Gasteiger partial charge in [-0.2, -0.15) is 0 Å². The summed E-state index contributed by atoms with van der Waals surface area (Å²) in [7, 11) is 0. The zero-order valence-corrected chi connectivity index (χ0v) is 13.0. The number of amides is 1. The van der Waals surface area contributed by atoms with Crippen LogP contribution in [-0.2, 0) is 9.53 Å². The van der Waals surface area contributed by atoms with E-state index in [9.17, 15) is 9.59 Å². The van der Waals surface area contributed by atoms with Gasteiger partial charge >= 0.3 is 6.09 Å². The van der Waals surface area contributed by atoms with Gasteiger partial charge in [-0.1, -0.05) is 30.3 Å². The van der Waals surface area contributed by atoms with Crippen molar-refractivity contribution in [3.05, 3.63) is 35.9 Å². The highest BCUT2D eigenvalue weighted by Crippen LogP contribution is 2.25. The molecule has 1 amide bonds. The van der Waals surface area contributed by atoms with Crippen molar-refractivity contribution in [2.24, 2.45) is 0 Å². The molecule has 0 saturated carbocycles. The molecule has 4 nitrogen and oxygen atoms in total. The van der Waals surface area contributed by atoms with E-state index in [1.807, 2.05) is 51.1 Å². The highest BCUT2D eigenvalue weighted by Gasteiger charge is 2.29. The zero-order valence-electron chi connectivity index (χ0n) is 13.0. The molecule has 0 spiro atoms. The monoisotopic (exact) mass is 289 g/mol. The summed E-state index contributed by atoms with van der Waals surface area (Å²) >= 11 is 0. The number of hydrogen-bond donors (Lipinski definition) is 0. The first-order valence-electron chi connectivity index (χ1n) is 7.42. The van der Waals surface area contributed by atoms with Gasteiger partial charge in [0.05, 0.1) is 0 Å². The molecule has 1 aliphatic heterocycles. The van der Waals surface area contributed by atoms with Gasteiger partial charge in [-0.05, 0) is 32.8 Å². The number of hydrogen-bond acceptors (Lipinski definition) is 3. The molecule has 1 heterocycles. The molecule has 0 unspecified atom stereocenters. The Labute approximate surface area is 126 Å².